The summed E-state index contributed by atoms with van der Waals surface area (Å²) in [4.78, 5) is 21.5. The van der Waals surface area contributed by atoms with Crippen LogP contribution in [0.4, 0.5) is 10.2 Å². The third-order valence-corrected chi connectivity index (χ3v) is 5.38. The summed E-state index contributed by atoms with van der Waals surface area (Å²) in [5.74, 6) is -0.203. The van der Waals surface area contributed by atoms with Crippen LogP contribution in [0.25, 0.3) is 5.57 Å². The number of Topliss-reactive ketones (excluding diaryl/α,β-unsaturated/α-hetero) is 1. The number of aliphatic imine (C=N–C) groups is 1. The molecule has 1 aliphatic heterocycles. The van der Waals surface area contributed by atoms with Crippen LogP contribution in [0.1, 0.15) is 41.3 Å². The molecule has 0 radical (unpaired) electrons. The predicted molar refractivity (Wildman–Crippen MR) is 118 cm³/mol. The van der Waals surface area contributed by atoms with Crippen LogP contribution >= 0.6 is 0 Å². The minimum absolute atomic E-state index is 0.135. The lowest BCUT2D eigenvalue weighted by molar-refractivity contribution is 0.103. The Kier molecular flexibility index (Phi) is 5.77. The molecule has 2 aromatic rings. The van der Waals surface area contributed by atoms with Crippen molar-refractivity contribution in [1.82, 2.24) is 10.3 Å². The molecule has 0 bridgehead atoms. The van der Waals surface area contributed by atoms with E-state index in [9.17, 15) is 14.3 Å². The lowest BCUT2D eigenvalue weighted by Gasteiger charge is -2.10. The van der Waals surface area contributed by atoms with Crippen molar-refractivity contribution in [2.24, 2.45) is 10.7 Å². The number of rotatable bonds is 3. The fourth-order valence-electron chi connectivity index (χ4n) is 3.63. The summed E-state index contributed by atoms with van der Waals surface area (Å²) in [6, 6.07) is 7.80. The number of nitrogens with one attached hydrogen (secondary N) is 1. The van der Waals surface area contributed by atoms with Gasteiger partial charge < -0.3 is 16.2 Å². The second-order valence-corrected chi connectivity index (χ2v) is 7.55. The standard InChI is InChI=1S/C24H23FN4O2/c1-14-22(28-13-17-5-8-18(25)11-20(17)23(14)31)24(26)29-21-10-7-16(12-27-21)15-3-2-4-19(30)9-6-15/h3,5-12,19,28,30H,2,4,13H2,1H3,(H2,26,27,29). The first-order valence-electron chi connectivity index (χ1n) is 10.1. The zero-order chi connectivity index (χ0) is 22.0. The number of hydrogen-bond acceptors (Lipinski definition) is 5. The second kappa shape index (κ2) is 8.65. The van der Waals surface area contributed by atoms with Gasteiger partial charge >= 0.3 is 0 Å². The number of aromatic nitrogens is 1. The number of ketones is 1. The number of aliphatic hydroxyl groups is 1. The minimum Gasteiger partial charge on any atom is -0.389 e. The highest BCUT2D eigenvalue weighted by Gasteiger charge is 2.23. The van der Waals surface area contributed by atoms with Crippen LogP contribution in [0, 0.1) is 5.82 Å². The Bertz CT molecular complexity index is 1150. The van der Waals surface area contributed by atoms with Gasteiger partial charge in [0, 0.05) is 23.9 Å². The largest absolute Gasteiger partial charge is 0.389 e. The van der Waals surface area contributed by atoms with Crippen LogP contribution in [0.15, 0.2) is 71.0 Å². The number of allylic oxidation sites excluding steroid dienone is 4. The molecule has 1 aromatic heterocycles. The van der Waals surface area contributed by atoms with Gasteiger partial charge in [0.15, 0.2) is 11.6 Å². The molecule has 1 unspecified atom stereocenters. The molecule has 1 aliphatic carbocycles. The molecule has 2 aliphatic rings. The summed E-state index contributed by atoms with van der Waals surface area (Å²) < 4.78 is 13.6. The Labute approximate surface area is 179 Å². The van der Waals surface area contributed by atoms with Gasteiger partial charge in [-0.3, -0.25) is 4.79 Å². The molecule has 4 rings (SSSR count). The molecule has 4 N–H and O–H groups in total. The monoisotopic (exact) mass is 418 g/mol. The molecular weight excluding hydrogens is 395 g/mol. The van der Waals surface area contributed by atoms with Gasteiger partial charge in [0.1, 0.15) is 11.7 Å². The number of pyridine rings is 1. The minimum atomic E-state index is -0.456. The number of amidine groups is 1. The van der Waals surface area contributed by atoms with Crippen molar-refractivity contribution in [1.29, 1.82) is 0 Å². The molecule has 0 amide bonds. The molecule has 6 nitrogen and oxygen atoms in total. The fraction of sp³-hybridized carbons (Fsp3) is 0.208. The van der Waals surface area contributed by atoms with E-state index in [2.05, 4.69) is 21.4 Å². The topological polar surface area (TPSA) is 101 Å². The first kappa shape index (κ1) is 20.7. The van der Waals surface area contributed by atoms with E-state index in [-0.39, 0.29) is 11.6 Å². The average Bonchev–Trinajstić information content (AvgIpc) is 3.05. The summed E-state index contributed by atoms with van der Waals surface area (Å²) >= 11 is 0. The highest BCUT2D eigenvalue weighted by Crippen LogP contribution is 2.24. The summed E-state index contributed by atoms with van der Waals surface area (Å²) in [6.45, 7) is 1.98. The number of carbonyl (C=O) groups excluding carboxylic acids is 1. The van der Waals surface area contributed by atoms with Gasteiger partial charge in [0.2, 0.25) is 0 Å². The number of aliphatic hydroxyl groups excluding tert-OH is 1. The van der Waals surface area contributed by atoms with Crippen LogP contribution in [0.2, 0.25) is 0 Å². The lowest BCUT2D eigenvalue weighted by atomic mass is 9.99. The fourth-order valence-corrected chi connectivity index (χ4v) is 3.63. The van der Waals surface area contributed by atoms with Crippen molar-refractivity contribution >= 4 is 23.0 Å². The van der Waals surface area contributed by atoms with Crippen molar-refractivity contribution < 1.29 is 14.3 Å². The van der Waals surface area contributed by atoms with Gasteiger partial charge in [-0.05, 0) is 60.7 Å². The zero-order valence-corrected chi connectivity index (χ0v) is 17.1. The Morgan fingerprint density at radius 3 is 2.94 bits per heavy atom. The van der Waals surface area contributed by atoms with Crippen molar-refractivity contribution in [3.8, 4) is 0 Å². The third-order valence-electron chi connectivity index (χ3n) is 5.38. The maximum absolute atomic E-state index is 13.6. The third kappa shape index (κ3) is 4.46. The number of halogens is 1. The van der Waals surface area contributed by atoms with E-state index < -0.39 is 11.9 Å². The van der Waals surface area contributed by atoms with Gasteiger partial charge in [-0.1, -0.05) is 24.3 Å². The summed E-state index contributed by atoms with van der Waals surface area (Å²) in [5.41, 5.74) is 9.91. The van der Waals surface area contributed by atoms with Crippen LogP contribution < -0.4 is 11.1 Å². The zero-order valence-electron chi connectivity index (χ0n) is 17.1. The van der Waals surface area contributed by atoms with Gasteiger partial charge in [0.05, 0.1) is 11.8 Å². The van der Waals surface area contributed by atoms with Gasteiger partial charge in [0.25, 0.3) is 0 Å². The van der Waals surface area contributed by atoms with E-state index in [0.717, 1.165) is 17.6 Å². The molecule has 2 heterocycles. The van der Waals surface area contributed by atoms with Crippen LogP contribution in [-0.2, 0) is 6.54 Å². The quantitative estimate of drug-likeness (QED) is 0.523. The molecular formula is C24H23FN4O2. The van der Waals surface area contributed by atoms with Crippen LogP contribution in [0.3, 0.4) is 0 Å². The van der Waals surface area contributed by atoms with Crippen LogP contribution in [0.5, 0.6) is 0 Å². The van der Waals surface area contributed by atoms with Gasteiger partial charge in [-0.25, -0.2) is 14.4 Å². The molecule has 1 atom stereocenters. The average molecular weight is 418 g/mol. The molecule has 0 saturated carbocycles. The lowest BCUT2D eigenvalue weighted by Crippen LogP contribution is -2.27. The van der Waals surface area contributed by atoms with E-state index in [1.54, 1.807) is 31.3 Å². The molecule has 0 spiro atoms. The van der Waals surface area contributed by atoms with Gasteiger partial charge in [-0.15, -0.1) is 0 Å². The highest BCUT2D eigenvalue weighted by molar-refractivity contribution is 6.15. The molecule has 0 saturated heterocycles. The van der Waals surface area contributed by atoms with E-state index in [1.165, 1.54) is 12.1 Å². The molecule has 7 heteroatoms. The summed E-state index contributed by atoms with van der Waals surface area (Å²) in [6.07, 6.45) is 8.49. The number of carbonyl (C=O) groups is 1. The summed E-state index contributed by atoms with van der Waals surface area (Å²) in [7, 11) is 0. The number of nitrogens with zero attached hydrogens (tertiary/aromatic N) is 2. The first-order chi connectivity index (χ1) is 14.9. The number of fused-ring (bicyclic) bond motifs is 1. The van der Waals surface area contributed by atoms with Crippen LogP contribution in [-0.4, -0.2) is 27.8 Å². The maximum Gasteiger partial charge on any atom is 0.191 e. The molecule has 0 fully saturated rings. The maximum atomic E-state index is 13.6. The highest BCUT2D eigenvalue weighted by atomic mass is 19.1. The smallest absolute Gasteiger partial charge is 0.191 e. The predicted octanol–water partition coefficient (Wildman–Crippen LogP) is 3.56. The van der Waals surface area contributed by atoms with E-state index in [0.29, 0.717) is 41.2 Å². The normalized spacial score (nSPS) is 19.3. The van der Waals surface area contributed by atoms with Gasteiger partial charge in [-0.2, -0.15) is 0 Å². The second-order valence-electron chi connectivity index (χ2n) is 7.55. The first-order valence-corrected chi connectivity index (χ1v) is 10.1. The molecule has 158 valence electrons. The van der Waals surface area contributed by atoms with Crippen molar-refractivity contribution in [2.45, 2.75) is 32.4 Å². The van der Waals surface area contributed by atoms with E-state index in [1.807, 2.05) is 12.1 Å². The Morgan fingerprint density at radius 2 is 2.16 bits per heavy atom. The van der Waals surface area contributed by atoms with Crippen molar-refractivity contribution in [2.75, 3.05) is 0 Å². The number of hydrogen-bond donors (Lipinski definition) is 3. The van der Waals surface area contributed by atoms with E-state index in [4.69, 9.17) is 5.73 Å². The van der Waals surface area contributed by atoms with Crippen molar-refractivity contribution in [3.05, 3.63) is 88.5 Å². The molecule has 1 aromatic carbocycles. The number of benzene rings is 1. The SMILES string of the molecule is CC1=C(C(N)=Nc2ccc(C3=CCCC(O)C=C3)cn2)NCc2ccc(F)cc2C1=O. The van der Waals surface area contributed by atoms with Crippen molar-refractivity contribution in [3.63, 3.8) is 0 Å². The Hall–Kier alpha value is -3.58. The van der Waals surface area contributed by atoms with E-state index >= 15 is 0 Å². The number of nitrogens with two attached hydrogens (primary N) is 1. The summed E-state index contributed by atoms with van der Waals surface area (Å²) in [5, 5.41) is 12.9. The molecule has 31 heavy (non-hydrogen) atoms. The Morgan fingerprint density at radius 1 is 1.32 bits per heavy atom. The Balaban J connectivity index is 1.59.